The lowest BCUT2D eigenvalue weighted by molar-refractivity contribution is 0.0954. The Morgan fingerprint density at radius 1 is 1.00 bits per heavy atom. The quantitative estimate of drug-likeness (QED) is 0.242. The number of carbonyl (C=O) groups is 1. The number of para-hydroxylation sites is 1. The molecule has 0 aliphatic rings. The zero-order chi connectivity index (χ0) is 21.1. The number of halogens is 2. The predicted molar refractivity (Wildman–Crippen MR) is 129 cm³/mol. The second-order valence-electron chi connectivity index (χ2n) is 6.91. The van der Waals surface area contributed by atoms with Crippen LogP contribution in [-0.4, -0.2) is 16.7 Å². The van der Waals surface area contributed by atoms with Gasteiger partial charge in [0.05, 0.1) is 11.8 Å². The van der Waals surface area contributed by atoms with Crippen LogP contribution in [0, 0.1) is 6.92 Å². The fourth-order valence-electron chi connectivity index (χ4n) is 3.46. The third-order valence-corrected chi connectivity index (χ3v) is 6.23. The summed E-state index contributed by atoms with van der Waals surface area (Å²) in [6.45, 7) is 2.84. The Labute approximate surface area is 191 Å². The van der Waals surface area contributed by atoms with Gasteiger partial charge in [-0.2, -0.15) is 5.10 Å². The van der Waals surface area contributed by atoms with E-state index in [1.807, 2.05) is 30.3 Å². The maximum Gasteiger partial charge on any atom is 0.272 e. The van der Waals surface area contributed by atoms with E-state index in [0.717, 1.165) is 37.7 Å². The molecule has 0 fully saturated rings. The molecule has 3 aromatic carbocycles. The van der Waals surface area contributed by atoms with Crippen LogP contribution in [0.4, 0.5) is 0 Å². The van der Waals surface area contributed by atoms with Gasteiger partial charge in [0, 0.05) is 37.7 Å². The number of carbonyl (C=O) groups excluding carboxylic acids is 1. The Morgan fingerprint density at radius 3 is 2.47 bits per heavy atom. The summed E-state index contributed by atoms with van der Waals surface area (Å²) in [7, 11) is 0. The number of aromatic nitrogens is 1. The second-order valence-corrected chi connectivity index (χ2v) is 8.68. The molecule has 0 saturated heterocycles. The van der Waals surface area contributed by atoms with Crippen molar-refractivity contribution in [3.05, 3.63) is 104 Å². The number of nitrogens with zero attached hydrogens (tertiary/aromatic N) is 2. The molecule has 4 aromatic rings. The Hall–Kier alpha value is -2.70. The molecule has 1 aromatic heterocycles. The first-order valence-electron chi connectivity index (χ1n) is 9.45. The van der Waals surface area contributed by atoms with Gasteiger partial charge in [0.2, 0.25) is 0 Å². The molecule has 0 saturated carbocycles. The van der Waals surface area contributed by atoms with Crippen molar-refractivity contribution >= 4 is 54.9 Å². The molecular formula is C24H19Br2N3O. The van der Waals surface area contributed by atoms with Crippen LogP contribution in [-0.2, 0) is 6.54 Å². The van der Waals surface area contributed by atoms with E-state index in [9.17, 15) is 4.79 Å². The first-order chi connectivity index (χ1) is 14.5. The molecule has 1 heterocycles. The Bertz CT molecular complexity index is 1240. The number of nitrogens with one attached hydrogen (secondary N) is 1. The van der Waals surface area contributed by atoms with Gasteiger partial charge in [0.1, 0.15) is 0 Å². The molecule has 0 radical (unpaired) electrons. The third-order valence-electron chi connectivity index (χ3n) is 5.01. The minimum absolute atomic E-state index is 0.255. The zero-order valence-corrected chi connectivity index (χ0v) is 19.4. The number of rotatable bonds is 5. The summed E-state index contributed by atoms with van der Waals surface area (Å²) in [5.74, 6) is -0.255. The maximum absolute atomic E-state index is 12.4. The molecule has 1 amide bonds. The number of hydrazone groups is 1. The first kappa shape index (κ1) is 20.6. The minimum atomic E-state index is -0.255. The largest absolute Gasteiger partial charge is 0.340 e. The zero-order valence-electron chi connectivity index (χ0n) is 16.3. The Balaban J connectivity index is 1.63. The van der Waals surface area contributed by atoms with Crippen molar-refractivity contribution in [2.45, 2.75) is 13.5 Å². The van der Waals surface area contributed by atoms with Crippen LogP contribution >= 0.6 is 31.9 Å². The first-order valence-corrected chi connectivity index (χ1v) is 11.0. The average molecular weight is 525 g/mol. The van der Waals surface area contributed by atoms with Gasteiger partial charge in [-0.3, -0.25) is 4.79 Å². The molecule has 4 rings (SSSR count). The maximum atomic E-state index is 12.4. The van der Waals surface area contributed by atoms with E-state index < -0.39 is 0 Å². The van der Waals surface area contributed by atoms with E-state index in [0.29, 0.717) is 5.56 Å². The summed E-state index contributed by atoms with van der Waals surface area (Å²) >= 11 is 6.89. The molecule has 0 aliphatic heterocycles. The molecule has 0 bridgehead atoms. The van der Waals surface area contributed by atoms with Crippen molar-refractivity contribution in [2.24, 2.45) is 5.10 Å². The van der Waals surface area contributed by atoms with E-state index in [1.165, 1.54) is 5.56 Å². The Morgan fingerprint density at radius 2 is 1.70 bits per heavy atom. The van der Waals surface area contributed by atoms with Crippen LogP contribution in [0.1, 0.15) is 27.2 Å². The summed E-state index contributed by atoms with van der Waals surface area (Å²) in [4.78, 5) is 12.4. The van der Waals surface area contributed by atoms with Gasteiger partial charge in [0.15, 0.2) is 0 Å². The molecule has 1 N–H and O–H groups in total. The van der Waals surface area contributed by atoms with Gasteiger partial charge in [-0.15, -0.1) is 0 Å². The smallest absolute Gasteiger partial charge is 0.272 e. The van der Waals surface area contributed by atoms with Crippen LogP contribution < -0.4 is 5.43 Å². The molecule has 30 heavy (non-hydrogen) atoms. The molecule has 0 spiro atoms. The van der Waals surface area contributed by atoms with E-state index in [4.69, 9.17) is 0 Å². The van der Waals surface area contributed by atoms with E-state index >= 15 is 0 Å². The van der Waals surface area contributed by atoms with Gasteiger partial charge >= 0.3 is 0 Å². The van der Waals surface area contributed by atoms with Crippen molar-refractivity contribution in [3.8, 4) is 0 Å². The normalized spacial score (nSPS) is 11.3. The predicted octanol–water partition coefficient (Wildman–Crippen LogP) is 6.29. The number of hydrogen-bond acceptors (Lipinski definition) is 2. The minimum Gasteiger partial charge on any atom is -0.340 e. The molecule has 0 unspecified atom stereocenters. The highest BCUT2D eigenvalue weighted by Crippen LogP contribution is 2.26. The molecule has 4 nitrogen and oxygen atoms in total. The van der Waals surface area contributed by atoms with Gasteiger partial charge in [-0.1, -0.05) is 58.4 Å². The molecular weight excluding hydrogens is 506 g/mol. The fourth-order valence-corrected chi connectivity index (χ4v) is 4.19. The lowest BCUT2D eigenvalue weighted by Crippen LogP contribution is -2.18. The highest BCUT2D eigenvalue weighted by atomic mass is 79.9. The van der Waals surface area contributed by atoms with Crippen molar-refractivity contribution in [2.75, 3.05) is 0 Å². The lowest BCUT2D eigenvalue weighted by atomic mass is 10.1. The molecule has 0 atom stereocenters. The van der Waals surface area contributed by atoms with Crippen molar-refractivity contribution in [1.82, 2.24) is 9.99 Å². The summed E-state index contributed by atoms with van der Waals surface area (Å²) in [5, 5.41) is 5.34. The second kappa shape index (κ2) is 8.98. The highest BCUT2D eigenvalue weighted by Gasteiger charge is 2.13. The average Bonchev–Trinajstić information content (AvgIpc) is 3.01. The summed E-state index contributed by atoms with van der Waals surface area (Å²) in [6.07, 6.45) is 1.73. The molecule has 150 valence electrons. The monoisotopic (exact) mass is 523 g/mol. The van der Waals surface area contributed by atoms with Crippen LogP contribution in [0.25, 0.3) is 10.9 Å². The van der Waals surface area contributed by atoms with Crippen LogP contribution in [0.3, 0.4) is 0 Å². The van der Waals surface area contributed by atoms with E-state index in [1.54, 1.807) is 12.3 Å². The van der Waals surface area contributed by atoms with Crippen LogP contribution in [0.2, 0.25) is 0 Å². The fraction of sp³-hybridized carbons (Fsp3) is 0.0833. The van der Waals surface area contributed by atoms with E-state index in [2.05, 4.69) is 90.3 Å². The number of hydrogen-bond donors (Lipinski definition) is 1. The number of benzene rings is 3. The van der Waals surface area contributed by atoms with Crippen molar-refractivity contribution in [1.29, 1.82) is 0 Å². The summed E-state index contributed by atoms with van der Waals surface area (Å²) in [6, 6.07) is 23.9. The third kappa shape index (κ3) is 4.25. The molecule has 0 aliphatic carbocycles. The summed E-state index contributed by atoms with van der Waals surface area (Å²) in [5.41, 5.74) is 7.62. The van der Waals surface area contributed by atoms with Crippen molar-refractivity contribution in [3.63, 3.8) is 0 Å². The van der Waals surface area contributed by atoms with Crippen LogP contribution in [0.5, 0.6) is 0 Å². The SMILES string of the molecule is Cc1c(/C=N\NC(=O)c2ccccc2Br)c2ccccc2n1Cc1ccc(Br)cc1. The summed E-state index contributed by atoms with van der Waals surface area (Å²) < 4.78 is 4.07. The van der Waals surface area contributed by atoms with Gasteiger partial charge in [-0.05, 0) is 58.7 Å². The topological polar surface area (TPSA) is 46.4 Å². The van der Waals surface area contributed by atoms with Crippen molar-refractivity contribution < 1.29 is 4.79 Å². The van der Waals surface area contributed by atoms with E-state index in [-0.39, 0.29) is 5.91 Å². The number of amides is 1. The highest BCUT2D eigenvalue weighted by molar-refractivity contribution is 9.10. The lowest BCUT2D eigenvalue weighted by Gasteiger charge is -2.09. The standard InChI is InChI=1S/C24H19Br2N3O/c1-16-21(14-27-28-24(30)20-7-2-4-8-22(20)26)19-6-3-5-9-23(19)29(16)15-17-10-12-18(25)13-11-17/h2-14H,15H2,1H3,(H,28,30)/b27-14-. The van der Waals surface area contributed by atoms with Crippen LogP contribution in [0.15, 0.2) is 86.8 Å². The Kier molecular flexibility index (Phi) is 6.16. The van der Waals surface area contributed by atoms with Gasteiger partial charge in [0.25, 0.3) is 5.91 Å². The number of fused-ring (bicyclic) bond motifs is 1. The van der Waals surface area contributed by atoms with Gasteiger partial charge < -0.3 is 4.57 Å². The van der Waals surface area contributed by atoms with Gasteiger partial charge in [-0.25, -0.2) is 5.43 Å². The molecule has 6 heteroatoms.